The third kappa shape index (κ3) is 7.14. The normalized spacial score (nSPS) is 11.4. The number of nitrogens with one attached hydrogen (secondary N) is 1. The molecule has 0 saturated heterocycles. The number of amides is 1. The average molecular weight is 369 g/mol. The van der Waals surface area contributed by atoms with E-state index in [1.54, 1.807) is 13.8 Å². The number of Topliss-reactive ketones (excluding diaryl/α,β-unsaturated/α-hetero) is 1. The summed E-state index contributed by atoms with van der Waals surface area (Å²) in [6.45, 7) is 4.32. The summed E-state index contributed by atoms with van der Waals surface area (Å²) in [5, 5.41) is 2.27. The molecule has 0 spiro atoms. The standard InChI is InChI=1S/C15H19N3O8/c1-8(2)24-13(20)11(5-4-10(19)6-17-16)18-14(21)23-7-12-9(3)25-15(22)26-12/h6,8,11H,4-5,7H2,1-3H3,(H,18,21). The van der Waals surface area contributed by atoms with Crippen LogP contribution < -0.4 is 11.1 Å². The van der Waals surface area contributed by atoms with Crippen LogP contribution in [0.4, 0.5) is 4.79 Å². The molecule has 11 heteroatoms. The summed E-state index contributed by atoms with van der Waals surface area (Å²) in [6.07, 6.45) is -0.988. The van der Waals surface area contributed by atoms with Gasteiger partial charge < -0.3 is 29.2 Å². The van der Waals surface area contributed by atoms with E-state index in [0.29, 0.717) is 6.21 Å². The molecule has 1 aromatic heterocycles. The maximum Gasteiger partial charge on any atom is 0.519 e. The lowest BCUT2D eigenvalue weighted by Gasteiger charge is -2.18. The van der Waals surface area contributed by atoms with Crippen LogP contribution in [0.3, 0.4) is 0 Å². The molecule has 1 unspecified atom stereocenters. The van der Waals surface area contributed by atoms with Gasteiger partial charge in [-0.25, -0.2) is 14.4 Å². The number of rotatable bonds is 9. The second-order valence-corrected chi connectivity index (χ2v) is 5.44. The van der Waals surface area contributed by atoms with E-state index >= 15 is 0 Å². The number of nitrogens with zero attached hydrogens (tertiary/aromatic N) is 2. The molecule has 1 amide bonds. The molecule has 0 aromatic carbocycles. The van der Waals surface area contributed by atoms with Gasteiger partial charge in [-0.3, -0.25) is 4.79 Å². The van der Waals surface area contributed by atoms with Crippen molar-refractivity contribution in [3.8, 4) is 0 Å². The van der Waals surface area contributed by atoms with Gasteiger partial charge in [-0.15, -0.1) is 0 Å². The highest BCUT2D eigenvalue weighted by Crippen LogP contribution is 2.08. The van der Waals surface area contributed by atoms with Gasteiger partial charge in [0.1, 0.15) is 6.04 Å². The molecule has 1 rings (SSSR count). The largest absolute Gasteiger partial charge is 0.519 e. The minimum atomic E-state index is -1.15. The van der Waals surface area contributed by atoms with E-state index in [0.717, 1.165) is 0 Å². The number of aryl methyl sites for hydroxylation is 1. The van der Waals surface area contributed by atoms with E-state index < -0.39 is 35.8 Å². The molecule has 26 heavy (non-hydrogen) atoms. The van der Waals surface area contributed by atoms with Crippen LogP contribution in [0.5, 0.6) is 0 Å². The molecule has 11 nitrogen and oxygen atoms in total. The van der Waals surface area contributed by atoms with Crippen molar-refractivity contribution in [2.75, 3.05) is 0 Å². The number of hydrogen-bond acceptors (Lipinski definition) is 8. The van der Waals surface area contributed by atoms with E-state index in [1.807, 2.05) is 0 Å². The van der Waals surface area contributed by atoms with Crippen LogP contribution in [-0.2, 0) is 25.7 Å². The number of esters is 1. The molecule has 0 aliphatic heterocycles. The molecule has 0 bridgehead atoms. The summed E-state index contributed by atoms with van der Waals surface area (Å²) in [6, 6.07) is -1.15. The highest BCUT2D eigenvalue weighted by molar-refractivity contribution is 6.25. The van der Waals surface area contributed by atoms with Crippen LogP contribution in [0, 0.1) is 6.92 Å². The van der Waals surface area contributed by atoms with Crippen LogP contribution >= 0.6 is 0 Å². The molecule has 1 heterocycles. The van der Waals surface area contributed by atoms with Gasteiger partial charge in [0.15, 0.2) is 18.1 Å². The van der Waals surface area contributed by atoms with Crippen molar-refractivity contribution in [1.82, 2.24) is 5.32 Å². The third-order valence-electron chi connectivity index (χ3n) is 2.98. The van der Waals surface area contributed by atoms with E-state index in [-0.39, 0.29) is 31.0 Å². The van der Waals surface area contributed by atoms with Crippen molar-refractivity contribution in [1.29, 1.82) is 0 Å². The summed E-state index contributed by atoms with van der Waals surface area (Å²) in [5.74, 6) is -2.03. The van der Waals surface area contributed by atoms with Gasteiger partial charge in [0.2, 0.25) is 5.78 Å². The first-order valence-electron chi connectivity index (χ1n) is 7.66. The van der Waals surface area contributed by atoms with Crippen LogP contribution in [-0.4, -0.2) is 41.0 Å². The Morgan fingerprint density at radius 3 is 2.54 bits per heavy atom. The fourth-order valence-electron chi connectivity index (χ4n) is 1.80. The Labute approximate surface area is 147 Å². The van der Waals surface area contributed by atoms with Gasteiger partial charge in [0, 0.05) is 6.42 Å². The van der Waals surface area contributed by atoms with Gasteiger partial charge in [0.25, 0.3) is 0 Å². The predicted molar refractivity (Wildman–Crippen MR) is 84.2 cm³/mol. The molecule has 0 aliphatic rings. The van der Waals surface area contributed by atoms with Crippen molar-refractivity contribution >= 4 is 24.1 Å². The molecule has 142 valence electrons. The van der Waals surface area contributed by atoms with Crippen LogP contribution in [0.2, 0.25) is 0 Å². The number of ketones is 1. The zero-order valence-corrected chi connectivity index (χ0v) is 14.5. The van der Waals surface area contributed by atoms with Crippen molar-refractivity contribution < 1.29 is 37.5 Å². The Bertz CT molecular complexity index is 757. The second-order valence-electron chi connectivity index (χ2n) is 5.44. The molecule has 0 aliphatic carbocycles. The first kappa shape index (κ1) is 20.8. The van der Waals surface area contributed by atoms with Crippen LogP contribution in [0.25, 0.3) is 5.53 Å². The van der Waals surface area contributed by atoms with E-state index in [9.17, 15) is 19.2 Å². The minimum Gasteiger partial charge on any atom is -0.461 e. The summed E-state index contributed by atoms with van der Waals surface area (Å²) in [5.41, 5.74) is 8.31. The number of hydrogen-bond donors (Lipinski definition) is 1. The monoisotopic (exact) mass is 369 g/mol. The zero-order chi connectivity index (χ0) is 19.7. The maximum absolute atomic E-state index is 12.0. The lowest BCUT2D eigenvalue weighted by atomic mass is 10.1. The summed E-state index contributed by atoms with van der Waals surface area (Å²) in [7, 11) is 0. The van der Waals surface area contributed by atoms with Crippen molar-refractivity contribution in [3.63, 3.8) is 0 Å². The lowest BCUT2D eigenvalue weighted by molar-refractivity contribution is -0.150. The Kier molecular flexibility index (Phi) is 7.97. The fourth-order valence-corrected chi connectivity index (χ4v) is 1.80. The number of ether oxygens (including phenoxy) is 2. The predicted octanol–water partition coefficient (Wildman–Crippen LogP) is 0.738. The van der Waals surface area contributed by atoms with Gasteiger partial charge in [0.05, 0.1) is 6.10 Å². The van der Waals surface area contributed by atoms with E-state index in [2.05, 4.69) is 18.9 Å². The zero-order valence-electron chi connectivity index (χ0n) is 14.5. The van der Waals surface area contributed by atoms with Gasteiger partial charge >= 0.3 is 24.1 Å². The molecule has 0 fully saturated rings. The third-order valence-corrected chi connectivity index (χ3v) is 2.98. The average Bonchev–Trinajstić information content (AvgIpc) is 2.86. The molecule has 1 atom stereocenters. The smallest absolute Gasteiger partial charge is 0.461 e. The van der Waals surface area contributed by atoms with Crippen LogP contribution in [0.1, 0.15) is 38.2 Å². The van der Waals surface area contributed by atoms with Crippen molar-refractivity contribution in [2.24, 2.45) is 0 Å². The topological polar surface area (TPSA) is 161 Å². The minimum absolute atomic E-state index is 0.0285. The Morgan fingerprint density at radius 2 is 2.00 bits per heavy atom. The second kappa shape index (κ2) is 9.94. The fraction of sp³-hybridized carbons (Fsp3) is 0.533. The Morgan fingerprint density at radius 1 is 1.31 bits per heavy atom. The number of carbonyl (C=O) groups is 3. The number of carbonyl (C=O) groups excluding carboxylic acids is 3. The van der Waals surface area contributed by atoms with Crippen molar-refractivity contribution in [2.45, 2.75) is 52.4 Å². The summed E-state index contributed by atoms with van der Waals surface area (Å²) < 4.78 is 19.2. The molecular formula is C15H19N3O8. The quantitative estimate of drug-likeness (QED) is 0.288. The summed E-state index contributed by atoms with van der Waals surface area (Å²) >= 11 is 0. The Balaban J connectivity index is 2.66. The highest BCUT2D eigenvalue weighted by Gasteiger charge is 2.25. The van der Waals surface area contributed by atoms with Crippen LogP contribution in [0.15, 0.2) is 13.6 Å². The highest BCUT2D eigenvalue weighted by atomic mass is 16.6. The van der Waals surface area contributed by atoms with Crippen molar-refractivity contribution in [3.05, 3.63) is 27.7 Å². The van der Waals surface area contributed by atoms with Gasteiger partial charge in [-0.1, -0.05) is 0 Å². The number of alkyl carbamates (subject to hydrolysis) is 1. The van der Waals surface area contributed by atoms with E-state index in [4.69, 9.17) is 15.0 Å². The summed E-state index contributed by atoms with van der Waals surface area (Å²) in [4.78, 5) is 48.8. The molecule has 1 aromatic rings. The first-order chi connectivity index (χ1) is 12.2. The SMILES string of the molecule is Cc1oc(=O)oc1COC(=O)NC(CCC(=O)C=[N+]=[N-])C(=O)OC(C)C. The Hall–Kier alpha value is -3.20. The van der Waals surface area contributed by atoms with Gasteiger partial charge in [-0.2, -0.15) is 4.79 Å². The molecule has 0 saturated carbocycles. The van der Waals surface area contributed by atoms with E-state index in [1.165, 1.54) is 6.92 Å². The molecule has 1 N–H and O–H groups in total. The lowest BCUT2D eigenvalue weighted by Crippen LogP contribution is -2.43. The maximum atomic E-state index is 12.0. The van der Waals surface area contributed by atoms with Gasteiger partial charge in [-0.05, 0) is 27.2 Å². The molecular weight excluding hydrogens is 350 g/mol. The molecule has 0 radical (unpaired) electrons. The first-order valence-corrected chi connectivity index (χ1v) is 7.66.